The van der Waals surface area contributed by atoms with E-state index in [1.54, 1.807) is 0 Å². The highest BCUT2D eigenvalue weighted by molar-refractivity contribution is 5.96. The number of hydrogen-bond donors (Lipinski definition) is 1. The van der Waals surface area contributed by atoms with Crippen LogP contribution in [0, 0.1) is 24.7 Å². The van der Waals surface area contributed by atoms with E-state index < -0.39 is 0 Å². The molecule has 0 aliphatic rings. The predicted molar refractivity (Wildman–Crippen MR) is 86.2 cm³/mol. The number of rotatable bonds is 5. The van der Waals surface area contributed by atoms with Crippen molar-refractivity contribution in [1.82, 2.24) is 4.90 Å². The van der Waals surface area contributed by atoms with Gasteiger partial charge in [0.15, 0.2) is 0 Å². The molecule has 0 radical (unpaired) electrons. The van der Waals surface area contributed by atoms with Gasteiger partial charge < -0.3 is 10.0 Å². The van der Waals surface area contributed by atoms with E-state index in [2.05, 4.69) is 25.7 Å². The maximum absolute atomic E-state index is 12.7. The van der Waals surface area contributed by atoms with Crippen molar-refractivity contribution in [3.63, 3.8) is 0 Å². The largest absolute Gasteiger partial charge is 0.395 e. The van der Waals surface area contributed by atoms with E-state index in [0.717, 1.165) is 17.7 Å². The molecule has 0 heterocycles. The van der Waals surface area contributed by atoms with Crippen molar-refractivity contribution in [2.24, 2.45) is 5.92 Å². The highest BCUT2D eigenvalue weighted by Gasteiger charge is 2.17. The summed E-state index contributed by atoms with van der Waals surface area (Å²) in [5.74, 6) is 6.45. The molecular weight excluding hydrogens is 262 g/mol. The SMILES string of the molecule is CCN(CC(C)C)C(=O)c1cccc(C#CCCO)c1C. The molecule has 0 bridgehead atoms. The molecule has 0 aromatic heterocycles. The van der Waals surface area contributed by atoms with Gasteiger partial charge in [-0.1, -0.05) is 31.8 Å². The van der Waals surface area contributed by atoms with Crippen molar-refractivity contribution < 1.29 is 9.90 Å². The zero-order valence-corrected chi connectivity index (χ0v) is 13.4. The third kappa shape index (κ3) is 4.91. The quantitative estimate of drug-likeness (QED) is 0.846. The van der Waals surface area contributed by atoms with Gasteiger partial charge >= 0.3 is 0 Å². The molecule has 1 N–H and O–H groups in total. The average Bonchev–Trinajstić information content (AvgIpc) is 2.46. The van der Waals surface area contributed by atoms with Crippen LogP contribution in [0.1, 0.15) is 48.7 Å². The molecular formula is C18H25NO2. The zero-order chi connectivity index (χ0) is 15.8. The lowest BCUT2D eigenvalue weighted by Crippen LogP contribution is -2.34. The van der Waals surface area contributed by atoms with Gasteiger partial charge in [0, 0.05) is 30.6 Å². The second-order valence-electron chi connectivity index (χ2n) is 5.49. The molecule has 0 aliphatic carbocycles. The van der Waals surface area contributed by atoms with Crippen LogP contribution >= 0.6 is 0 Å². The number of nitrogens with zero attached hydrogens (tertiary/aromatic N) is 1. The summed E-state index contributed by atoms with van der Waals surface area (Å²) in [6, 6.07) is 5.64. The van der Waals surface area contributed by atoms with Gasteiger partial charge in [-0.25, -0.2) is 0 Å². The molecule has 0 spiro atoms. The van der Waals surface area contributed by atoms with Crippen molar-refractivity contribution in [1.29, 1.82) is 0 Å². The van der Waals surface area contributed by atoms with Crippen molar-refractivity contribution in [2.45, 2.75) is 34.1 Å². The number of carbonyl (C=O) groups is 1. The first-order valence-corrected chi connectivity index (χ1v) is 7.49. The maximum Gasteiger partial charge on any atom is 0.254 e. The van der Waals surface area contributed by atoms with Gasteiger partial charge in [-0.15, -0.1) is 0 Å². The van der Waals surface area contributed by atoms with Crippen LogP contribution in [0.5, 0.6) is 0 Å². The van der Waals surface area contributed by atoms with Gasteiger partial charge in [-0.3, -0.25) is 4.79 Å². The molecule has 1 aromatic carbocycles. The van der Waals surface area contributed by atoms with Crippen molar-refractivity contribution in [2.75, 3.05) is 19.7 Å². The third-order valence-electron chi connectivity index (χ3n) is 3.28. The van der Waals surface area contributed by atoms with Crippen LogP contribution in [0.4, 0.5) is 0 Å². The van der Waals surface area contributed by atoms with E-state index in [9.17, 15) is 4.79 Å². The summed E-state index contributed by atoms with van der Waals surface area (Å²) in [5.41, 5.74) is 2.48. The Balaban J connectivity index is 3.05. The Morgan fingerprint density at radius 3 is 2.67 bits per heavy atom. The summed E-state index contributed by atoms with van der Waals surface area (Å²) in [7, 11) is 0. The van der Waals surface area contributed by atoms with Crippen LogP contribution in [0.3, 0.4) is 0 Å². The lowest BCUT2D eigenvalue weighted by atomic mass is 10.0. The summed E-state index contributed by atoms with van der Waals surface area (Å²) in [6.07, 6.45) is 0.450. The Bertz CT molecular complexity index is 538. The Labute approximate surface area is 128 Å². The van der Waals surface area contributed by atoms with Gasteiger partial charge in [-0.05, 0) is 37.5 Å². The first kappa shape index (κ1) is 17.3. The van der Waals surface area contributed by atoms with Crippen LogP contribution in [0.25, 0.3) is 0 Å². The van der Waals surface area contributed by atoms with E-state index in [1.165, 1.54) is 0 Å². The molecule has 1 amide bonds. The van der Waals surface area contributed by atoms with Crippen molar-refractivity contribution in [3.8, 4) is 11.8 Å². The molecule has 1 aromatic rings. The van der Waals surface area contributed by atoms with Crippen LogP contribution in [-0.2, 0) is 0 Å². The minimum atomic E-state index is 0.0582. The normalized spacial score (nSPS) is 10.2. The van der Waals surface area contributed by atoms with Crippen molar-refractivity contribution in [3.05, 3.63) is 34.9 Å². The van der Waals surface area contributed by atoms with Crippen molar-refractivity contribution >= 4 is 5.91 Å². The van der Waals surface area contributed by atoms with E-state index in [1.807, 2.05) is 36.9 Å². The molecule has 3 heteroatoms. The van der Waals surface area contributed by atoms with E-state index in [4.69, 9.17) is 5.11 Å². The standard InChI is InChI=1S/C18H25NO2/c1-5-19(13-14(2)3)18(21)17-11-8-10-16(15(17)4)9-6-7-12-20/h8,10-11,14,20H,5,7,12-13H2,1-4H3. The van der Waals surface area contributed by atoms with Gasteiger partial charge in [0.2, 0.25) is 0 Å². The summed E-state index contributed by atoms with van der Waals surface area (Å²) in [4.78, 5) is 14.5. The molecule has 0 aliphatic heterocycles. The fourth-order valence-electron chi connectivity index (χ4n) is 2.18. The van der Waals surface area contributed by atoms with Gasteiger partial charge in [-0.2, -0.15) is 0 Å². The highest BCUT2D eigenvalue weighted by Crippen LogP contribution is 2.16. The number of hydrogen-bond acceptors (Lipinski definition) is 2. The van der Waals surface area contributed by atoms with E-state index >= 15 is 0 Å². The molecule has 0 saturated carbocycles. The van der Waals surface area contributed by atoms with Crippen LogP contribution in [0.15, 0.2) is 18.2 Å². The fourth-order valence-corrected chi connectivity index (χ4v) is 2.18. The number of benzene rings is 1. The van der Waals surface area contributed by atoms with Crippen LogP contribution < -0.4 is 0 Å². The molecule has 21 heavy (non-hydrogen) atoms. The Morgan fingerprint density at radius 1 is 1.38 bits per heavy atom. The third-order valence-corrected chi connectivity index (χ3v) is 3.28. The summed E-state index contributed by atoms with van der Waals surface area (Å²) in [6.45, 7) is 9.67. The second kappa shape index (κ2) is 8.49. The summed E-state index contributed by atoms with van der Waals surface area (Å²) in [5, 5.41) is 8.78. The molecule has 0 unspecified atom stereocenters. The Morgan fingerprint density at radius 2 is 2.10 bits per heavy atom. The minimum Gasteiger partial charge on any atom is -0.395 e. The monoisotopic (exact) mass is 287 g/mol. The van der Waals surface area contributed by atoms with Gasteiger partial charge in [0.25, 0.3) is 5.91 Å². The summed E-state index contributed by atoms with van der Waals surface area (Å²) >= 11 is 0. The van der Waals surface area contributed by atoms with Crippen LogP contribution in [-0.4, -0.2) is 35.6 Å². The average molecular weight is 287 g/mol. The topological polar surface area (TPSA) is 40.5 Å². The molecule has 0 saturated heterocycles. The lowest BCUT2D eigenvalue weighted by Gasteiger charge is -2.24. The highest BCUT2D eigenvalue weighted by atomic mass is 16.2. The zero-order valence-electron chi connectivity index (χ0n) is 13.4. The number of aliphatic hydroxyl groups is 1. The van der Waals surface area contributed by atoms with Gasteiger partial charge in [0.1, 0.15) is 0 Å². The minimum absolute atomic E-state index is 0.0582. The fraction of sp³-hybridized carbons (Fsp3) is 0.500. The van der Waals surface area contributed by atoms with E-state index in [0.29, 0.717) is 24.4 Å². The Hall–Kier alpha value is -1.79. The predicted octanol–water partition coefficient (Wildman–Crippen LogP) is 2.85. The summed E-state index contributed by atoms with van der Waals surface area (Å²) < 4.78 is 0. The number of aliphatic hydroxyl groups excluding tert-OH is 1. The first-order chi connectivity index (χ1) is 10.0. The smallest absolute Gasteiger partial charge is 0.254 e. The maximum atomic E-state index is 12.7. The second-order valence-corrected chi connectivity index (χ2v) is 5.49. The lowest BCUT2D eigenvalue weighted by molar-refractivity contribution is 0.0745. The molecule has 1 rings (SSSR count). The molecule has 0 fully saturated rings. The first-order valence-electron chi connectivity index (χ1n) is 7.49. The molecule has 0 atom stereocenters. The van der Waals surface area contributed by atoms with E-state index in [-0.39, 0.29) is 12.5 Å². The molecule has 114 valence electrons. The number of amides is 1. The Kier molecular flexibility index (Phi) is 6.98. The molecule has 3 nitrogen and oxygen atoms in total. The van der Waals surface area contributed by atoms with Crippen LogP contribution in [0.2, 0.25) is 0 Å². The number of carbonyl (C=O) groups excluding carboxylic acids is 1. The van der Waals surface area contributed by atoms with Gasteiger partial charge in [0.05, 0.1) is 6.61 Å².